The van der Waals surface area contributed by atoms with E-state index in [9.17, 15) is 0 Å². The average molecular weight is 938 g/mol. The Balaban J connectivity index is 1.08. The van der Waals surface area contributed by atoms with Crippen molar-refractivity contribution in [1.29, 1.82) is 0 Å². The molecule has 322 valence electrons. The molecule has 11 aromatic carbocycles. The van der Waals surface area contributed by atoms with E-state index in [2.05, 4.69) is 276 Å². The van der Waals surface area contributed by atoms with Crippen LogP contribution in [0.4, 0.5) is 0 Å². The van der Waals surface area contributed by atoms with E-state index in [4.69, 9.17) is 0 Å². The molecule has 0 saturated heterocycles. The number of para-hydroxylation sites is 2. The third-order valence-corrected chi connectivity index (χ3v) is 24.9. The van der Waals surface area contributed by atoms with E-state index in [0.29, 0.717) is 0 Å². The van der Waals surface area contributed by atoms with Crippen molar-refractivity contribution in [2.45, 2.75) is 0 Å². The van der Waals surface area contributed by atoms with Gasteiger partial charge < -0.3 is 0 Å². The van der Waals surface area contributed by atoms with Gasteiger partial charge in [0, 0.05) is 0 Å². The molecule has 0 atom stereocenters. The number of benzene rings is 11. The van der Waals surface area contributed by atoms with Crippen LogP contribution in [0.1, 0.15) is 0 Å². The van der Waals surface area contributed by atoms with Gasteiger partial charge in [0.15, 0.2) is 0 Å². The zero-order chi connectivity index (χ0) is 45.5. The van der Waals surface area contributed by atoms with Crippen molar-refractivity contribution in [3.8, 4) is 55.9 Å². The molecule has 2 aromatic heterocycles. The van der Waals surface area contributed by atoms with Crippen LogP contribution in [0.5, 0.6) is 0 Å². The van der Waals surface area contributed by atoms with E-state index < -0.39 is 13.3 Å². The summed E-state index contributed by atoms with van der Waals surface area (Å²) in [6.45, 7) is 0. The van der Waals surface area contributed by atoms with Gasteiger partial charge in [-0.15, -0.1) is 0 Å². The van der Waals surface area contributed by atoms with Gasteiger partial charge in [-0.2, -0.15) is 0 Å². The number of hydrogen-bond donors (Lipinski definition) is 0. The van der Waals surface area contributed by atoms with Gasteiger partial charge in [-0.05, 0) is 0 Å². The summed E-state index contributed by atoms with van der Waals surface area (Å²) < 4.78 is 10.6. The topological polar surface area (TPSA) is 9.86 Å². The molecule has 1 aliphatic rings. The molecule has 2 nitrogen and oxygen atoms in total. The van der Waals surface area contributed by atoms with Crippen LogP contribution < -0.4 is 17.6 Å². The Morgan fingerprint density at radius 1 is 0.203 bits per heavy atom. The first-order valence-corrected chi connectivity index (χ1v) is 28.1. The van der Waals surface area contributed by atoms with Crippen molar-refractivity contribution in [3.05, 3.63) is 267 Å². The summed E-state index contributed by atoms with van der Waals surface area (Å²) in [6.07, 6.45) is 0. The SMILES string of the molecule is c1cc[c]([Ge]([c]2ccccc2)([c]2ccccc2)[c]2ccc3c(c2)c2cc(-n4c5ccccc5c5ccccc54)ccc2n3-c2ccc3c(c2)-c2ccccc2-c2ccccc2-c2ccccc2-3)cc1. The number of fused-ring (bicyclic) bond motifs is 14. The molecule has 1 aliphatic carbocycles. The molecule has 0 spiro atoms. The zero-order valence-corrected chi connectivity index (χ0v) is 39.9. The van der Waals surface area contributed by atoms with Gasteiger partial charge in [0.2, 0.25) is 0 Å². The van der Waals surface area contributed by atoms with Crippen LogP contribution >= 0.6 is 0 Å². The average Bonchev–Trinajstić information content (AvgIpc) is 3.94. The van der Waals surface area contributed by atoms with Gasteiger partial charge in [-0.1, -0.05) is 24.3 Å². The number of hydrogen-bond acceptors (Lipinski definition) is 0. The normalized spacial score (nSPS) is 12.1. The predicted octanol–water partition coefficient (Wildman–Crippen LogP) is 14.2. The second-order valence-corrected chi connectivity index (χ2v) is 26.3. The Bertz CT molecular complexity index is 3970. The fourth-order valence-corrected chi connectivity index (χ4v) is 21.9. The molecule has 14 rings (SSSR count). The van der Waals surface area contributed by atoms with Gasteiger partial charge in [0.05, 0.1) is 0 Å². The van der Waals surface area contributed by atoms with Gasteiger partial charge in [0.25, 0.3) is 0 Å². The van der Waals surface area contributed by atoms with Crippen LogP contribution in [0.25, 0.3) is 99.5 Å². The maximum atomic E-state index is 2.58. The third-order valence-electron chi connectivity index (χ3n) is 14.8. The number of nitrogens with zero attached hydrogens (tertiary/aromatic N) is 2. The molecule has 13 aromatic rings. The Morgan fingerprint density at radius 3 is 1.01 bits per heavy atom. The van der Waals surface area contributed by atoms with Gasteiger partial charge >= 0.3 is 382 Å². The monoisotopic (exact) mass is 938 g/mol. The molecule has 2 heterocycles. The summed E-state index contributed by atoms with van der Waals surface area (Å²) in [4.78, 5) is 0. The molecular formula is C66H44GeN2. The third kappa shape index (κ3) is 5.99. The van der Waals surface area contributed by atoms with Crippen molar-refractivity contribution >= 4 is 74.5 Å². The van der Waals surface area contributed by atoms with Crippen LogP contribution in [-0.2, 0) is 0 Å². The molecule has 0 unspecified atom stereocenters. The zero-order valence-electron chi connectivity index (χ0n) is 37.8. The maximum absolute atomic E-state index is 3.65. The van der Waals surface area contributed by atoms with E-state index in [0.717, 1.165) is 11.4 Å². The van der Waals surface area contributed by atoms with E-state index >= 15 is 0 Å². The summed E-state index contributed by atoms with van der Waals surface area (Å²) in [5.74, 6) is 0. The molecule has 69 heavy (non-hydrogen) atoms. The van der Waals surface area contributed by atoms with Crippen LogP contribution in [0, 0.1) is 0 Å². The van der Waals surface area contributed by atoms with Crippen molar-refractivity contribution < 1.29 is 0 Å². The van der Waals surface area contributed by atoms with E-state index in [1.54, 1.807) is 0 Å². The van der Waals surface area contributed by atoms with E-state index in [1.807, 2.05) is 0 Å². The van der Waals surface area contributed by atoms with E-state index in [1.165, 1.54) is 106 Å². The summed E-state index contributed by atoms with van der Waals surface area (Å²) in [7, 11) is 0. The fourth-order valence-electron chi connectivity index (χ4n) is 11.9. The molecule has 0 radical (unpaired) electrons. The molecule has 0 N–H and O–H groups in total. The summed E-state index contributed by atoms with van der Waals surface area (Å²) in [6, 6.07) is 100. The van der Waals surface area contributed by atoms with Crippen molar-refractivity contribution in [3.63, 3.8) is 0 Å². The Labute approximate surface area is 404 Å². The van der Waals surface area contributed by atoms with Crippen LogP contribution in [0.15, 0.2) is 267 Å². The van der Waals surface area contributed by atoms with Crippen molar-refractivity contribution in [2.24, 2.45) is 0 Å². The number of aromatic nitrogens is 2. The molecular weight excluding hydrogens is 893 g/mol. The Morgan fingerprint density at radius 2 is 0.536 bits per heavy atom. The fraction of sp³-hybridized carbons (Fsp3) is 0. The van der Waals surface area contributed by atoms with Crippen LogP contribution in [0.2, 0.25) is 0 Å². The van der Waals surface area contributed by atoms with Crippen LogP contribution in [0.3, 0.4) is 0 Å². The van der Waals surface area contributed by atoms with Gasteiger partial charge in [-0.3, -0.25) is 0 Å². The molecule has 0 fully saturated rings. The molecule has 0 bridgehead atoms. The van der Waals surface area contributed by atoms with Gasteiger partial charge in [-0.25, -0.2) is 0 Å². The van der Waals surface area contributed by atoms with Crippen LogP contribution in [-0.4, -0.2) is 22.4 Å². The van der Waals surface area contributed by atoms with Gasteiger partial charge in [0.1, 0.15) is 0 Å². The molecule has 0 aliphatic heterocycles. The first-order valence-electron chi connectivity index (χ1n) is 23.9. The van der Waals surface area contributed by atoms with E-state index in [-0.39, 0.29) is 0 Å². The minimum absolute atomic E-state index is 1.13. The van der Waals surface area contributed by atoms with Crippen molar-refractivity contribution in [2.75, 3.05) is 0 Å². The molecule has 0 amide bonds. The molecule has 3 heteroatoms. The number of rotatable bonds is 6. The second kappa shape index (κ2) is 15.8. The standard InChI is InChI=1S/C66H44GeN2/c1-4-20-45(21-5-1)67(46-22-6-2-7-23-46,47-24-8-3-9-25-47)48-36-40-65-61(42-48)62-44-50(68-63-34-18-16-32-58(63)59-33-17-19-35-64(59)68)38-41-66(62)69(65)49-37-39-57-55-30-13-12-28-53(55)51-26-10-11-27-52(51)54-29-14-15-31-56(54)60(57)43-49/h1-44H. The first-order chi connectivity index (χ1) is 34.3. The Hall–Kier alpha value is -8.44. The minimum atomic E-state index is -3.65. The Kier molecular flexibility index (Phi) is 9.11. The predicted molar refractivity (Wildman–Crippen MR) is 294 cm³/mol. The summed E-state index contributed by atoms with van der Waals surface area (Å²) in [5, 5.41) is 4.99. The molecule has 0 saturated carbocycles. The quantitative estimate of drug-likeness (QED) is 0.147. The summed E-state index contributed by atoms with van der Waals surface area (Å²) in [5.41, 5.74) is 17.0. The summed E-state index contributed by atoms with van der Waals surface area (Å²) >= 11 is -3.65. The first kappa shape index (κ1) is 39.7. The van der Waals surface area contributed by atoms with Crippen molar-refractivity contribution in [1.82, 2.24) is 9.13 Å². The second-order valence-electron chi connectivity index (χ2n) is 18.4.